The zero-order valence-electron chi connectivity index (χ0n) is 20.8. The molecule has 7 rings (SSSR count). The second-order valence-electron chi connectivity index (χ2n) is 10.3. The number of carbonyl (C=O) groups excluding carboxylic acids is 1. The van der Waals surface area contributed by atoms with E-state index in [0.717, 1.165) is 31.4 Å². The van der Waals surface area contributed by atoms with Crippen molar-refractivity contribution < 1.29 is 18.7 Å². The zero-order valence-corrected chi connectivity index (χ0v) is 20.8. The average molecular weight is 519 g/mol. The Bertz CT molecular complexity index is 1510. The van der Waals surface area contributed by atoms with Crippen molar-refractivity contribution in [1.29, 1.82) is 5.26 Å². The van der Waals surface area contributed by atoms with Crippen molar-refractivity contribution in [3.05, 3.63) is 57.9 Å². The van der Waals surface area contributed by atoms with E-state index in [-0.39, 0.29) is 35.8 Å². The van der Waals surface area contributed by atoms with Gasteiger partial charge in [0.25, 0.3) is 11.5 Å². The van der Waals surface area contributed by atoms with Gasteiger partial charge in [0.2, 0.25) is 0 Å². The van der Waals surface area contributed by atoms with Crippen molar-refractivity contribution in [1.82, 2.24) is 19.9 Å². The van der Waals surface area contributed by atoms with Gasteiger partial charge >= 0.3 is 0 Å². The van der Waals surface area contributed by atoms with Crippen LogP contribution in [-0.4, -0.2) is 44.8 Å². The molecule has 2 saturated heterocycles. The molecule has 2 bridgehead atoms. The Morgan fingerprint density at radius 2 is 2.03 bits per heavy atom. The van der Waals surface area contributed by atoms with Crippen LogP contribution in [0.15, 0.2) is 35.3 Å². The molecule has 3 aromatic rings. The summed E-state index contributed by atoms with van der Waals surface area (Å²) in [4.78, 5) is 32.7. The number of hydrogen-bond acceptors (Lipinski definition) is 8. The molecule has 0 atom stereocenters. The topological polar surface area (TPSA) is 131 Å². The standard InChI is InChI=1S/C27H27FN6O4/c28-19-14-30-20-2-4-23(36)34(12-11-29)24(20)18(19)5-6-27-9-7-26(8-10-27,16-38-27)31-13-17-1-3-21-25(32-17)33-22(35)15-37-21/h1-4,14,31H,5-10,12-13,15-16H2,(H,32,33,35). The van der Waals surface area contributed by atoms with Gasteiger partial charge in [0, 0.05) is 23.7 Å². The van der Waals surface area contributed by atoms with E-state index in [1.807, 2.05) is 18.2 Å². The Morgan fingerprint density at radius 3 is 2.79 bits per heavy atom. The highest BCUT2D eigenvalue weighted by Crippen LogP contribution is 2.46. The minimum Gasteiger partial charge on any atom is -0.480 e. The first-order valence-electron chi connectivity index (χ1n) is 12.7. The average Bonchev–Trinajstić information content (AvgIpc) is 2.94. The van der Waals surface area contributed by atoms with E-state index >= 15 is 0 Å². The van der Waals surface area contributed by atoms with Crippen molar-refractivity contribution in [3.8, 4) is 11.8 Å². The summed E-state index contributed by atoms with van der Waals surface area (Å²) >= 11 is 0. The number of aromatic nitrogens is 3. The number of nitrogens with zero attached hydrogens (tertiary/aromatic N) is 4. The van der Waals surface area contributed by atoms with Crippen LogP contribution >= 0.6 is 0 Å². The second-order valence-corrected chi connectivity index (χ2v) is 10.3. The molecular weight excluding hydrogens is 491 g/mol. The lowest BCUT2D eigenvalue weighted by atomic mass is 9.69. The summed E-state index contributed by atoms with van der Waals surface area (Å²) in [7, 11) is 0. The van der Waals surface area contributed by atoms with E-state index in [0.29, 0.717) is 54.2 Å². The number of amides is 1. The van der Waals surface area contributed by atoms with Crippen LogP contribution in [0, 0.1) is 17.1 Å². The number of nitrogens with one attached hydrogen (secondary N) is 2. The molecule has 4 aliphatic rings. The molecule has 1 amide bonds. The van der Waals surface area contributed by atoms with Crippen LogP contribution in [-0.2, 0) is 29.0 Å². The highest BCUT2D eigenvalue weighted by atomic mass is 19.1. The van der Waals surface area contributed by atoms with E-state index in [1.54, 1.807) is 6.07 Å². The number of rotatable bonds is 7. The molecular formula is C27H27FN6O4. The Labute approximate surface area is 217 Å². The molecule has 11 heteroatoms. The monoisotopic (exact) mass is 518 g/mol. The fourth-order valence-corrected chi connectivity index (χ4v) is 5.82. The van der Waals surface area contributed by atoms with Gasteiger partial charge in [0.1, 0.15) is 12.4 Å². The molecule has 0 radical (unpaired) electrons. The van der Waals surface area contributed by atoms with Crippen LogP contribution in [0.25, 0.3) is 11.0 Å². The lowest BCUT2D eigenvalue weighted by molar-refractivity contribution is -0.165. The number of carbonyl (C=O) groups is 1. The van der Waals surface area contributed by atoms with Gasteiger partial charge in [-0.05, 0) is 56.7 Å². The quantitative estimate of drug-likeness (QED) is 0.488. The number of aryl methyl sites for hydroxylation is 1. The van der Waals surface area contributed by atoms with Crippen LogP contribution in [0.1, 0.15) is 43.4 Å². The number of ether oxygens (including phenoxy) is 2. The van der Waals surface area contributed by atoms with E-state index in [1.165, 1.54) is 16.8 Å². The number of pyridine rings is 3. The molecule has 1 saturated carbocycles. The minimum atomic E-state index is -0.479. The highest BCUT2D eigenvalue weighted by Gasteiger charge is 2.49. The van der Waals surface area contributed by atoms with Gasteiger partial charge in [-0.2, -0.15) is 5.26 Å². The van der Waals surface area contributed by atoms with E-state index in [4.69, 9.17) is 9.47 Å². The summed E-state index contributed by atoms with van der Waals surface area (Å²) in [6.07, 6.45) is 5.66. The lowest BCUT2D eigenvalue weighted by Gasteiger charge is -2.53. The second kappa shape index (κ2) is 9.45. The fraction of sp³-hybridized carbons (Fsp3) is 0.444. The van der Waals surface area contributed by atoms with E-state index in [9.17, 15) is 19.2 Å². The maximum Gasteiger partial charge on any atom is 0.263 e. The molecule has 0 spiro atoms. The van der Waals surface area contributed by atoms with Crippen LogP contribution in [0.5, 0.6) is 5.75 Å². The first-order chi connectivity index (χ1) is 18.4. The molecule has 0 unspecified atom stereocenters. The summed E-state index contributed by atoms with van der Waals surface area (Å²) < 4.78 is 28.1. The molecule has 38 heavy (non-hydrogen) atoms. The Kier molecular flexibility index (Phi) is 6.08. The first kappa shape index (κ1) is 24.5. The zero-order chi connectivity index (χ0) is 26.3. The minimum absolute atomic E-state index is 0.00193. The smallest absolute Gasteiger partial charge is 0.263 e. The van der Waals surface area contributed by atoms with Crippen LogP contribution in [0.2, 0.25) is 0 Å². The van der Waals surface area contributed by atoms with Gasteiger partial charge in [-0.1, -0.05) is 0 Å². The van der Waals surface area contributed by atoms with Crippen molar-refractivity contribution >= 4 is 22.8 Å². The summed E-state index contributed by atoms with van der Waals surface area (Å²) in [5.74, 6) is 0.314. The van der Waals surface area contributed by atoms with Crippen LogP contribution < -0.4 is 20.9 Å². The van der Waals surface area contributed by atoms with Crippen molar-refractivity contribution in [2.75, 3.05) is 18.5 Å². The third kappa shape index (κ3) is 4.40. The summed E-state index contributed by atoms with van der Waals surface area (Å²) in [5.41, 5.74) is 1.21. The van der Waals surface area contributed by atoms with Crippen molar-refractivity contribution in [3.63, 3.8) is 0 Å². The van der Waals surface area contributed by atoms with Gasteiger partial charge in [-0.15, -0.1) is 0 Å². The number of halogens is 1. The summed E-state index contributed by atoms with van der Waals surface area (Å²) in [5, 5.41) is 15.6. The predicted molar refractivity (Wildman–Crippen MR) is 135 cm³/mol. The summed E-state index contributed by atoms with van der Waals surface area (Å²) in [6, 6.07) is 8.62. The molecule has 3 aliphatic heterocycles. The van der Waals surface area contributed by atoms with Gasteiger partial charge in [-0.25, -0.2) is 9.37 Å². The highest BCUT2D eigenvalue weighted by molar-refractivity contribution is 5.94. The van der Waals surface area contributed by atoms with Gasteiger partial charge < -0.3 is 20.1 Å². The Hall–Kier alpha value is -3.88. The molecule has 196 valence electrons. The third-order valence-corrected chi connectivity index (χ3v) is 8.06. The number of anilines is 1. The molecule has 3 aromatic heterocycles. The number of fused-ring (bicyclic) bond motifs is 5. The van der Waals surface area contributed by atoms with Gasteiger partial charge in [0.15, 0.2) is 18.2 Å². The van der Waals surface area contributed by atoms with Crippen molar-refractivity contribution in [2.45, 2.75) is 62.8 Å². The van der Waals surface area contributed by atoms with Crippen molar-refractivity contribution in [2.24, 2.45) is 0 Å². The largest absolute Gasteiger partial charge is 0.480 e. The Morgan fingerprint density at radius 1 is 1.18 bits per heavy atom. The Balaban J connectivity index is 1.13. The normalized spacial score (nSPS) is 23.9. The van der Waals surface area contributed by atoms with Crippen LogP contribution in [0.4, 0.5) is 10.2 Å². The van der Waals surface area contributed by atoms with E-state index < -0.39 is 5.82 Å². The molecule has 2 N–H and O–H groups in total. The van der Waals surface area contributed by atoms with Gasteiger partial charge in [0.05, 0.1) is 41.2 Å². The summed E-state index contributed by atoms with van der Waals surface area (Å²) in [6.45, 7) is 0.904. The maximum absolute atomic E-state index is 15.0. The predicted octanol–water partition coefficient (Wildman–Crippen LogP) is 2.59. The van der Waals surface area contributed by atoms with E-state index in [2.05, 4.69) is 20.6 Å². The first-order valence-corrected chi connectivity index (χ1v) is 12.7. The van der Waals surface area contributed by atoms with Crippen LogP contribution in [0.3, 0.4) is 0 Å². The SMILES string of the molecule is N#CCn1c(=O)ccc2ncc(F)c(CCC34CCC(NCc5ccc6c(n5)NC(=O)CO6)(CC3)CO4)c21. The molecule has 6 heterocycles. The lowest BCUT2D eigenvalue weighted by Crippen LogP contribution is -2.61. The fourth-order valence-electron chi connectivity index (χ4n) is 5.82. The third-order valence-electron chi connectivity index (χ3n) is 8.06. The molecule has 10 nitrogen and oxygen atoms in total. The molecule has 1 aliphatic carbocycles. The van der Waals surface area contributed by atoms with Gasteiger partial charge in [-0.3, -0.25) is 19.1 Å². The number of nitriles is 1. The molecule has 0 aromatic carbocycles. The maximum atomic E-state index is 15.0. The molecule has 3 fully saturated rings. The number of hydrogen-bond donors (Lipinski definition) is 2.